The summed E-state index contributed by atoms with van der Waals surface area (Å²) in [6.07, 6.45) is 0. The quantitative estimate of drug-likeness (QED) is 0.0802. The zero-order valence-corrected chi connectivity index (χ0v) is 49.5. The highest BCUT2D eigenvalue weighted by Gasteiger charge is 2.43. The molecule has 0 aliphatic heterocycles. The third-order valence-corrected chi connectivity index (χ3v) is 26.5. The Bertz CT molecular complexity index is 4670. The molecule has 0 radical (unpaired) electrons. The van der Waals surface area contributed by atoms with Gasteiger partial charge in [0.25, 0.3) is 0 Å². The van der Waals surface area contributed by atoms with Crippen LogP contribution in [0.1, 0.15) is 0 Å². The Balaban J connectivity index is 0.918. The van der Waals surface area contributed by atoms with Crippen molar-refractivity contribution in [2.45, 2.75) is 0 Å². The van der Waals surface area contributed by atoms with Crippen LogP contribution in [0, 0.1) is 0 Å². The number of para-hydroxylation sites is 2. The molecule has 15 rings (SSSR count). The minimum Gasteiger partial charge on any atom is -0.294 e. The number of aromatic nitrogens is 6. The molecule has 0 N–H and O–H groups in total. The second-order valence-electron chi connectivity index (χ2n) is 21.9. The number of fused-ring (bicyclic) bond motifs is 3. The summed E-state index contributed by atoms with van der Waals surface area (Å²) >= 11 is 0. The van der Waals surface area contributed by atoms with Crippen LogP contribution in [0.4, 0.5) is 0 Å². The maximum atomic E-state index is 5.60. The van der Waals surface area contributed by atoms with E-state index in [2.05, 4.69) is 326 Å². The van der Waals surface area contributed by atoms with E-state index >= 15 is 0 Å². The van der Waals surface area contributed by atoms with Gasteiger partial charge >= 0.3 is 0 Å². The van der Waals surface area contributed by atoms with Gasteiger partial charge in [-0.25, -0.2) is 24.9 Å². The van der Waals surface area contributed by atoms with Crippen LogP contribution in [0.3, 0.4) is 0 Å². The molecule has 3 heterocycles. The van der Waals surface area contributed by atoms with Crippen molar-refractivity contribution in [3.63, 3.8) is 0 Å². The maximum Gasteiger partial charge on any atom is 0.179 e. The van der Waals surface area contributed by atoms with Crippen LogP contribution in [0.15, 0.2) is 340 Å². The highest BCUT2D eigenvalue weighted by Crippen LogP contribution is 2.35. The molecule has 0 unspecified atom stereocenters. The highest BCUT2D eigenvalue weighted by atomic mass is 28.3. The molecular weight excluding hydrogens is 1090 g/mol. The van der Waals surface area contributed by atoms with Gasteiger partial charge in [-0.1, -0.05) is 315 Å². The Hall–Kier alpha value is -11.0. The first-order valence-electron chi connectivity index (χ1n) is 29.5. The summed E-state index contributed by atoms with van der Waals surface area (Å²) in [5.74, 6) is 3.03. The maximum absolute atomic E-state index is 5.60. The van der Waals surface area contributed by atoms with E-state index < -0.39 is 16.1 Å². The van der Waals surface area contributed by atoms with Gasteiger partial charge in [0.15, 0.2) is 39.4 Å². The summed E-state index contributed by atoms with van der Waals surface area (Å²) in [6, 6.07) is 122. The van der Waals surface area contributed by atoms with Gasteiger partial charge in [-0.15, -0.1) is 0 Å². The van der Waals surface area contributed by atoms with Crippen molar-refractivity contribution in [2.75, 3.05) is 0 Å². The van der Waals surface area contributed by atoms with Crippen molar-refractivity contribution in [3.8, 4) is 62.6 Å². The lowest BCUT2D eigenvalue weighted by Gasteiger charge is -2.34. The second kappa shape index (κ2) is 22.9. The summed E-state index contributed by atoms with van der Waals surface area (Å²) in [5.41, 5.74) is 7.34. The number of hydrogen-bond donors (Lipinski definition) is 0. The first kappa shape index (κ1) is 52.7. The third kappa shape index (κ3) is 9.50. The zero-order valence-electron chi connectivity index (χ0n) is 47.5. The Morgan fingerprint density at radius 1 is 0.207 bits per heavy atom. The molecule has 12 aromatic carbocycles. The van der Waals surface area contributed by atoms with Crippen LogP contribution < -0.4 is 41.5 Å². The van der Waals surface area contributed by atoms with Crippen molar-refractivity contribution >= 4 is 79.4 Å². The molecule has 0 spiro atoms. The van der Waals surface area contributed by atoms with Crippen molar-refractivity contribution in [1.82, 2.24) is 29.5 Å². The third-order valence-electron chi connectivity index (χ3n) is 17.0. The number of rotatable bonds is 14. The van der Waals surface area contributed by atoms with Crippen molar-refractivity contribution < 1.29 is 0 Å². The summed E-state index contributed by atoms with van der Waals surface area (Å²) in [6.45, 7) is 0. The monoisotopic (exact) mass is 1140 g/mol. The molecule has 87 heavy (non-hydrogen) atoms. The Labute approximate surface area is 508 Å². The van der Waals surface area contributed by atoms with Crippen LogP contribution in [-0.4, -0.2) is 45.6 Å². The summed E-state index contributed by atoms with van der Waals surface area (Å²) in [5, 5.41) is 12.6. The molecule has 0 bridgehead atoms. The average Bonchev–Trinajstić information content (AvgIpc) is 2.18. The van der Waals surface area contributed by atoms with Crippen molar-refractivity contribution in [1.29, 1.82) is 0 Å². The fourth-order valence-corrected chi connectivity index (χ4v) is 22.7. The van der Waals surface area contributed by atoms with E-state index in [-0.39, 0.29) is 0 Å². The normalized spacial score (nSPS) is 11.7. The molecule has 0 aliphatic carbocycles. The van der Waals surface area contributed by atoms with Gasteiger partial charge in [0.2, 0.25) is 0 Å². The first-order chi connectivity index (χ1) is 43.1. The zero-order chi connectivity index (χ0) is 58.0. The molecule has 0 aliphatic rings. The van der Waals surface area contributed by atoms with Gasteiger partial charge in [-0.05, 0) is 59.7 Å². The fraction of sp³-hybridized carbons (Fsp3) is 0. The molecule has 0 amide bonds. The van der Waals surface area contributed by atoms with Gasteiger partial charge in [0.1, 0.15) is 5.82 Å². The van der Waals surface area contributed by atoms with Crippen LogP contribution in [0.5, 0.6) is 0 Å². The second-order valence-corrected chi connectivity index (χ2v) is 29.5. The summed E-state index contributed by atoms with van der Waals surface area (Å²) in [4.78, 5) is 27.2. The van der Waals surface area contributed by atoms with E-state index in [1.165, 1.54) is 41.5 Å². The van der Waals surface area contributed by atoms with Gasteiger partial charge in [0, 0.05) is 44.7 Å². The average molecular weight is 1150 g/mol. The minimum atomic E-state index is -2.91. The Kier molecular flexibility index (Phi) is 13.9. The topological polar surface area (TPSA) is 69.4 Å². The fourth-order valence-electron chi connectivity index (χ4n) is 13.1. The predicted molar refractivity (Wildman–Crippen MR) is 364 cm³/mol. The van der Waals surface area contributed by atoms with Crippen molar-refractivity contribution in [3.05, 3.63) is 340 Å². The van der Waals surface area contributed by atoms with Crippen LogP contribution >= 0.6 is 0 Å². The molecule has 0 fully saturated rings. The number of nitrogens with zero attached hydrogens (tertiary/aromatic N) is 6. The first-order valence-corrected chi connectivity index (χ1v) is 33.5. The lowest BCUT2D eigenvalue weighted by atomic mass is 10.1. The van der Waals surface area contributed by atoms with Crippen molar-refractivity contribution in [2.24, 2.45) is 0 Å². The van der Waals surface area contributed by atoms with E-state index in [1.54, 1.807) is 0 Å². The molecule has 0 saturated heterocycles. The predicted octanol–water partition coefficient (Wildman–Crippen LogP) is 12.8. The minimum absolute atomic E-state index is 0.541. The molecular formula is C79H56N6Si2. The van der Waals surface area contributed by atoms with Gasteiger partial charge in [-0.3, -0.25) is 4.57 Å². The molecule has 3 aromatic heterocycles. The van der Waals surface area contributed by atoms with Crippen LogP contribution in [0.25, 0.3) is 84.4 Å². The van der Waals surface area contributed by atoms with Crippen LogP contribution in [0.2, 0.25) is 0 Å². The van der Waals surface area contributed by atoms with Gasteiger partial charge in [-0.2, -0.15) is 0 Å². The molecule has 15 aromatic rings. The van der Waals surface area contributed by atoms with Gasteiger partial charge < -0.3 is 0 Å². The summed E-state index contributed by atoms with van der Waals surface area (Å²) < 4.78 is 2.29. The molecule has 0 atom stereocenters. The number of hydrogen-bond acceptors (Lipinski definition) is 5. The van der Waals surface area contributed by atoms with E-state index in [4.69, 9.17) is 24.9 Å². The SMILES string of the molecule is c1ccc(-c2nc(-c3cccc(-c4nc(-c5cccc([Si](c6ccccc6)(c6ccccc6)c6ccccc6)c5)cc(-n5c6ccccc6c6ccccc65)n4)c3)nc(-c3cccc([Si](c4ccccc4)(c4ccccc4)c4ccccc4)c3)n2)cc1. The standard InChI is InChI=1S/C79H56N6Si2/c1-8-29-57(30-9-1)76-82-78(84-79(83-76)61-34-28-48-69(55-61)87(65-41-16-5-17-42-65,66-43-18-6-19-44-66)67-45-20-7-21-46-67)60-33-26-32-59(53-60)77-80-72(56-75(81-77)85-73-51-24-22-49-70(73)71-50-23-25-52-74(71)85)58-31-27-47-68(54-58)86(62-35-10-2-11-36-62,63-37-12-3-13-38-63)64-39-14-4-15-40-64/h1-56H. The molecule has 8 heteroatoms. The molecule has 6 nitrogen and oxygen atoms in total. The summed E-state index contributed by atoms with van der Waals surface area (Å²) in [7, 11) is -5.80. The smallest absolute Gasteiger partial charge is 0.179 e. The highest BCUT2D eigenvalue weighted by molar-refractivity contribution is 7.20. The molecule has 0 saturated carbocycles. The van der Waals surface area contributed by atoms with Crippen LogP contribution in [-0.2, 0) is 0 Å². The van der Waals surface area contributed by atoms with E-state index in [0.717, 1.165) is 61.1 Å². The lowest BCUT2D eigenvalue weighted by Crippen LogP contribution is -2.74. The Morgan fingerprint density at radius 3 is 0.908 bits per heavy atom. The number of benzene rings is 12. The molecule has 410 valence electrons. The Morgan fingerprint density at radius 2 is 0.494 bits per heavy atom. The lowest BCUT2D eigenvalue weighted by molar-refractivity contribution is 1.05. The van der Waals surface area contributed by atoms with Gasteiger partial charge in [0.05, 0.1) is 16.7 Å². The van der Waals surface area contributed by atoms with E-state index in [0.29, 0.717) is 23.3 Å². The largest absolute Gasteiger partial charge is 0.294 e. The van der Waals surface area contributed by atoms with E-state index in [1.807, 2.05) is 18.2 Å². The van der Waals surface area contributed by atoms with E-state index in [9.17, 15) is 0 Å².